The Morgan fingerprint density at radius 3 is 2.60 bits per heavy atom. The first kappa shape index (κ1) is 17.0. The molecule has 0 amide bonds. The third-order valence-electron chi connectivity index (χ3n) is 4.12. The highest BCUT2D eigenvalue weighted by Crippen LogP contribution is 2.37. The number of nitrogens with zero attached hydrogens (tertiary/aromatic N) is 1. The van der Waals surface area contributed by atoms with Gasteiger partial charge in [0, 0.05) is 5.39 Å². The fourth-order valence-corrected chi connectivity index (χ4v) is 3.07. The molecule has 2 aromatic rings. The van der Waals surface area contributed by atoms with Crippen molar-refractivity contribution in [3.05, 3.63) is 29.8 Å². The van der Waals surface area contributed by atoms with Gasteiger partial charge in [0.15, 0.2) is 0 Å². The van der Waals surface area contributed by atoms with Gasteiger partial charge in [0.25, 0.3) is 5.95 Å². The van der Waals surface area contributed by atoms with Gasteiger partial charge in [-0.05, 0) is 19.9 Å². The van der Waals surface area contributed by atoms with Crippen LogP contribution in [-0.2, 0) is 19.1 Å². The van der Waals surface area contributed by atoms with E-state index in [-0.39, 0.29) is 25.7 Å². The van der Waals surface area contributed by atoms with E-state index in [9.17, 15) is 14.7 Å². The highest BCUT2D eigenvalue weighted by atomic mass is 16.5. The first-order valence-corrected chi connectivity index (χ1v) is 8.16. The van der Waals surface area contributed by atoms with Crippen LogP contribution in [0.3, 0.4) is 0 Å². The molecule has 1 aliphatic heterocycles. The van der Waals surface area contributed by atoms with E-state index in [1.165, 1.54) is 0 Å². The molecule has 2 heterocycles. The summed E-state index contributed by atoms with van der Waals surface area (Å²) in [6.45, 7) is 3.87. The number of esters is 2. The average Bonchev–Trinajstić information content (AvgIpc) is 3.15. The second-order valence-corrected chi connectivity index (χ2v) is 5.59. The Kier molecular flexibility index (Phi) is 4.74. The largest absolute Gasteiger partial charge is 0.480 e. The highest BCUT2D eigenvalue weighted by molar-refractivity contribution is 6.21. The van der Waals surface area contributed by atoms with Gasteiger partial charge in [-0.15, -0.1) is 0 Å². The number of furan rings is 1. The Morgan fingerprint density at radius 2 is 1.88 bits per heavy atom. The minimum atomic E-state index is -0.939. The summed E-state index contributed by atoms with van der Waals surface area (Å²) in [6, 6.07) is 7.03. The minimum Gasteiger partial charge on any atom is -0.480 e. The lowest BCUT2D eigenvalue weighted by Gasteiger charge is -2.18. The first-order valence-electron chi connectivity index (χ1n) is 8.16. The van der Waals surface area contributed by atoms with Crippen molar-refractivity contribution in [2.75, 3.05) is 19.8 Å². The van der Waals surface area contributed by atoms with Crippen molar-refractivity contribution in [1.82, 2.24) is 0 Å². The Morgan fingerprint density at radius 1 is 1.20 bits per heavy atom. The molecule has 0 saturated carbocycles. The second-order valence-electron chi connectivity index (χ2n) is 5.59. The molecule has 3 rings (SSSR count). The number of hydrogen-bond acceptors (Lipinski definition) is 7. The number of hydrogen-bond donors (Lipinski definition) is 1. The standard InChI is InChI=1S/C18H19NO6/c1-3-23-16(20)11-9-19-15(14(11)17(21)24-4-2)13-10-7-5-6-8-12(10)25-18(13)22/h5-8,11,14,22H,3-4,9H2,1-2H3/t11-,14-/m0/s1. The fraction of sp³-hybridized carbons (Fsp3) is 0.389. The van der Waals surface area contributed by atoms with E-state index < -0.39 is 23.8 Å². The lowest BCUT2D eigenvalue weighted by Crippen LogP contribution is -2.35. The smallest absolute Gasteiger partial charge is 0.315 e. The molecule has 2 atom stereocenters. The van der Waals surface area contributed by atoms with Gasteiger partial charge in [-0.1, -0.05) is 18.2 Å². The SMILES string of the molecule is CCOC(=O)[C@@H]1C(c2c(O)oc3ccccc23)=NC[C@@H]1C(=O)OCC. The third-order valence-corrected chi connectivity index (χ3v) is 4.12. The Hall–Kier alpha value is -2.83. The van der Waals surface area contributed by atoms with Crippen molar-refractivity contribution in [2.45, 2.75) is 13.8 Å². The Labute approximate surface area is 144 Å². The lowest BCUT2D eigenvalue weighted by atomic mass is 9.87. The van der Waals surface area contributed by atoms with E-state index in [2.05, 4.69) is 4.99 Å². The monoisotopic (exact) mass is 345 g/mol. The molecule has 0 unspecified atom stereocenters. The maximum Gasteiger partial charge on any atom is 0.315 e. The highest BCUT2D eigenvalue weighted by Gasteiger charge is 2.45. The molecule has 0 radical (unpaired) electrons. The van der Waals surface area contributed by atoms with Gasteiger partial charge in [0.2, 0.25) is 0 Å². The van der Waals surface area contributed by atoms with Gasteiger partial charge in [0.05, 0.1) is 37.0 Å². The van der Waals surface area contributed by atoms with Crippen molar-refractivity contribution in [1.29, 1.82) is 0 Å². The molecule has 25 heavy (non-hydrogen) atoms. The van der Waals surface area contributed by atoms with E-state index in [4.69, 9.17) is 13.9 Å². The number of carbonyl (C=O) groups excluding carboxylic acids is 2. The normalized spacial score (nSPS) is 19.7. The van der Waals surface area contributed by atoms with Gasteiger partial charge in [0.1, 0.15) is 11.5 Å². The van der Waals surface area contributed by atoms with Crippen LogP contribution in [0, 0.1) is 11.8 Å². The lowest BCUT2D eigenvalue weighted by molar-refractivity contribution is -0.156. The number of carbonyl (C=O) groups is 2. The van der Waals surface area contributed by atoms with E-state index in [0.29, 0.717) is 22.2 Å². The van der Waals surface area contributed by atoms with Gasteiger partial charge in [-0.25, -0.2) is 0 Å². The zero-order valence-electron chi connectivity index (χ0n) is 14.0. The van der Waals surface area contributed by atoms with Crippen molar-refractivity contribution >= 4 is 28.6 Å². The number of rotatable bonds is 5. The van der Waals surface area contributed by atoms with Crippen LogP contribution in [0.4, 0.5) is 0 Å². The number of ether oxygens (including phenoxy) is 2. The van der Waals surface area contributed by atoms with E-state index in [1.807, 2.05) is 0 Å². The summed E-state index contributed by atoms with van der Waals surface area (Å²) in [5.74, 6) is -3.13. The number of benzene rings is 1. The van der Waals surface area contributed by atoms with Crippen molar-refractivity contribution in [2.24, 2.45) is 16.8 Å². The summed E-state index contributed by atoms with van der Waals surface area (Å²) in [4.78, 5) is 29.1. The Balaban J connectivity index is 2.05. The summed E-state index contributed by atoms with van der Waals surface area (Å²) in [5, 5.41) is 10.9. The zero-order chi connectivity index (χ0) is 18.0. The topological polar surface area (TPSA) is 98.3 Å². The number of aromatic hydroxyl groups is 1. The molecule has 132 valence electrons. The maximum absolute atomic E-state index is 12.5. The number of fused-ring (bicyclic) bond motifs is 1. The molecule has 0 bridgehead atoms. The van der Waals surface area contributed by atoms with Crippen molar-refractivity contribution in [3.63, 3.8) is 0 Å². The molecule has 0 saturated heterocycles. The van der Waals surface area contributed by atoms with Crippen LogP contribution >= 0.6 is 0 Å². The van der Waals surface area contributed by atoms with E-state index in [1.54, 1.807) is 38.1 Å². The van der Waals surface area contributed by atoms with Crippen LogP contribution in [0.5, 0.6) is 5.95 Å². The predicted octanol–water partition coefficient (Wildman–Crippen LogP) is 2.30. The summed E-state index contributed by atoms with van der Waals surface area (Å²) in [7, 11) is 0. The van der Waals surface area contributed by atoms with Crippen molar-refractivity contribution < 1.29 is 28.6 Å². The molecule has 1 N–H and O–H groups in total. The first-order chi connectivity index (χ1) is 12.1. The third kappa shape index (κ3) is 2.97. The molecular formula is C18H19NO6. The minimum absolute atomic E-state index is 0.0938. The molecule has 1 aliphatic rings. The Bertz CT molecular complexity index is 837. The van der Waals surface area contributed by atoms with Crippen molar-refractivity contribution in [3.8, 4) is 5.95 Å². The molecule has 7 nitrogen and oxygen atoms in total. The molecule has 1 aromatic carbocycles. The van der Waals surface area contributed by atoms with E-state index >= 15 is 0 Å². The fourth-order valence-electron chi connectivity index (χ4n) is 3.07. The molecule has 0 spiro atoms. The quantitative estimate of drug-likeness (QED) is 0.835. The van der Waals surface area contributed by atoms with Crippen LogP contribution in [0.2, 0.25) is 0 Å². The second kappa shape index (κ2) is 6.96. The number of para-hydroxylation sites is 1. The van der Waals surface area contributed by atoms with Crippen LogP contribution in [0.25, 0.3) is 11.0 Å². The number of aliphatic imine (C=N–C) groups is 1. The molecule has 0 aliphatic carbocycles. The summed E-state index contributed by atoms with van der Waals surface area (Å²) < 4.78 is 15.5. The average molecular weight is 345 g/mol. The molecular weight excluding hydrogens is 326 g/mol. The zero-order valence-corrected chi connectivity index (χ0v) is 14.0. The van der Waals surface area contributed by atoms with Crippen LogP contribution < -0.4 is 0 Å². The van der Waals surface area contributed by atoms with Gasteiger partial charge >= 0.3 is 11.9 Å². The summed E-state index contributed by atoms with van der Waals surface area (Å²) in [5.41, 5.74) is 1.08. The van der Waals surface area contributed by atoms with Crippen LogP contribution in [-0.4, -0.2) is 42.5 Å². The van der Waals surface area contributed by atoms with Crippen LogP contribution in [0.1, 0.15) is 19.4 Å². The van der Waals surface area contributed by atoms with Gasteiger partial charge in [-0.2, -0.15) is 0 Å². The van der Waals surface area contributed by atoms with Crippen LogP contribution in [0.15, 0.2) is 33.7 Å². The molecule has 1 aromatic heterocycles. The summed E-state index contributed by atoms with van der Waals surface area (Å²) in [6.07, 6.45) is 0. The van der Waals surface area contributed by atoms with Gasteiger partial charge in [-0.3, -0.25) is 14.6 Å². The maximum atomic E-state index is 12.5. The molecule has 7 heteroatoms. The van der Waals surface area contributed by atoms with Gasteiger partial charge < -0.3 is 19.0 Å². The summed E-state index contributed by atoms with van der Waals surface area (Å²) >= 11 is 0. The molecule has 0 fully saturated rings. The predicted molar refractivity (Wildman–Crippen MR) is 89.5 cm³/mol. The van der Waals surface area contributed by atoms with E-state index in [0.717, 1.165) is 0 Å².